The number of benzene rings is 1. The molecule has 2 N–H and O–H groups in total. The monoisotopic (exact) mass is 276 g/mol. The molecule has 0 aliphatic rings. The van der Waals surface area contributed by atoms with E-state index in [0.29, 0.717) is 11.0 Å². The van der Waals surface area contributed by atoms with E-state index >= 15 is 0 Å². The molecule has 0 fully saturated rings. The molecule has 0 aliphatic carbocycles. The van der Waals surface area contributed by atoms with Gasteiger partial charge in [0.15, 0.2) is 5.92 Å². The second-order valence-electron chi connectivity index (χ2n) is 4.34. The van der Waals surface area contributed by atoms with Crippen molar-refractivity contribution in [2.75, 3.05) is 0 Å². The third-order valence-electron chi connectivity index (χ3n) is 3.04. The van der Waals surface area contributed by atoms with Gasteiger partial charge in [0.25, 0.3) is 5.56 Å². The van der Waals surface area contributed by atoms with Crippen molar-refractivity contribution < 1.29 is 19.8 Å². The van der Waals surface area contributed by atoms with Crippen LogP contribution in [0.3, 0.4) is 0 Å². The zero-order chi connectivity index (χ0) is 14.9. The van der Waals surface area contributed by atoms with E-state index in [9.17, 15) is 14.4 Å². The molecular weight excluding hydrogens is 264 g/mol. The summed E-state index contributed by atoms with van der Waals surface area (Å²) in [7, 11) is 1.53. The maximum absolute atomic E-state index is 12.1. The molecule has 1 heterocycles. The minimum atomic E-state index is -1.68. The first-order chi connectivity index (χ1) is 9.41. The Balaban J connectivity index is 2.55. The molecule has 0 radical (unpaired) electrons. The van der Waals surface area contributed by atoms with Crippen LogP contribution in [0.25, 0.3) is 11.0 Å². The fraction of sp³-hybridized carbons (Fsp3) is 0.231. The highest BCUT2D eigenvalue weighted by Crippen LogP contribution is 2.11. The molecule has 1 aromatic heterocycles. The Bertz CT molecular complexity index is 736. The lowest BCUT2D eigenvalue weighted by molar-refractivity contribution is -0.154. The predicted octanol–water partition coefficient (Wildman–Crippen LogP) is 0.261. The smallest absolute Gasteiger partial charge is 0.318 e. The summed E-state index contributed by atoms with van der Waals surface area (Å²) in [5.74, 6) is -4.67. The molecule has 2 aromatic rings. The number of nitrogens with zero attached hydrogens (tertiary/aromatic N) is 2. The Morgan fingerprint density at radius 2 is 1.85 bits per heavy atom. The normalized spacial score (nSPS) is 10.9. The lowest BCUT2D eigenvalue weighted by atomic mass is 10.0. The average Bonchev–Trinajstić information content (AvgIpc) is 2.40. The molecule has 0 aliphatic heterocycles. The zero-order valence-corrected chi connectivity index (χ0v) is 10.6. The standard InChI is InChI=1S/C13H12N2O5/c1-15-10-5-3-2-4-8(10)14-9(11(15)16)6-7(12(17)18)13(19)20/h2-5,7H,6H2,1H3,(H,17,18)(H,19,20). The molecule has 0 bridgehead atoms. The maximum Gasteiger partial charge on any atom is 0.318 e. The Morgan fingerprint density at radius 3 is 2.45 bits per heavy atom. The van der Waals surface area contributed by atoms with Crippen molar-refractivity contribution in [3.8, 4) is 0 Å². The van der Waals surface area contributed by atoms with Crippen LogP contribution in [-0.2, 0) is 23.1 Å². The minimum Gasteiger partial charge on any atom is -0.481 e. The second-order valence-corrected chi connectivity index (χ2v) is 4.34. The van der Waals surface area contributed by atoms with E-state index in [0.717, 1.165) is 0 Å². The summed E-state index contributed by atoms with van der Waals surface area (Å²) in [6.45, 7) is 0. The molecule has 7 heteroatoms. The molecule has 0 unspecified atom stereocenters. The molecule has 0 saturated carbocycles. The number of aliphatic carboxylic acids is 2. The summed E-state index contributed by atoms with van der Waals surface area (Å²) < 4.78 is 1.33. The van der Waals surface area contributed by atoms with Gasteiger partial charge < -0.3 is 14.8 Å². The largest absolute Gasteiger partial charge is 0.481 e. The summed E-state index contributed by atoms with van der Waals surface area (Å²) in [5.41, 5.74) is 0.555. The highest BCUT2D eigenvalue weighted by atomic mass is 16.4. The van der Waals surface area contributed by atoms with Crippen LogP contribution in [-0.4, -0.2) is 31.7 Å². The molecule has 0 atom stereocenters. The van der Waals surface area contributed by atoms with Crippen LogP contribution in [0.15, 0.2) is 29.1 Å². The van der Waals surface area contributed by atoms with Gasteiger partial charge in [0, 0.05) is 13.5 Å². The minimum absolute atomic E-state index is 0.0685. The number of carboxylic acid groups (broad SMARTS) is 2. The molecule has 104 valence electrons. The Hall–Kier alpha value is -2.70. The third kappa shape index (κ3) is 2.37. The first-order valence-electron chi connectivity index (χ1n) is 5.82. The van der Waals surface area contributed by atoms with Gasteiger partial charge in [0.2, 0.25) is 0 Å². The first-order valence-corrected chi connectivity index (χ1v) is 5.82. The number of para-hydroxylation sites is 2. The number of fused-ring (bicyclic) bond motifs is 1. The highest BCUT2D eigenvalue weighted by molar-refractivity contribution is 5.93. The van der Waals surface area contributed by atoms with E-state index in [1.165, 1.54) is 11.6 Å². The van der Waals surface area contributed by atoms with Crippen LogP contribution < -0.4 is 5.56 Å². The topological polar surface area (TPSA) is 109 Å². The van der Waals surface area contributed by atoms with Crippen molar-refractivity contribution in [3.63, 3.8) is 0 Å². The van der Waals surface area contributed by atoms with E-state index in [2.05, 4.69) is 4.98 Å². The molecule has 0 spiro atoms. The molecule has 2 rings (SSSR count). The fourth-order valence-electron chi connectivity index (χ4n) is 1.95. The molecule has 0 amide bonds. The quantitative estimate of drug-likeness (QED) is 0.775. The Labute approximate surface area is 113 Å². The van der Waals surface area contributed by atoms with E-state index < -0.39 is 29.8 Å². The van der Waals surface area contributed by atoms with Gasteiger partial charge in [-0.1, -0.05) is 12.1 Å². The van der Waals surface area contributed by atoms with Gasteiger partial charge in [0.1, 0.15) is 5.69 Å². The summed E-state index contributed by atoms with van der Waals surface area (Å²) in [6.07, 6.45) is -0.442. The molecular formula is C13H12N2O5. The lowest BCUT2D eigenvalue weighted by Gasteiger charge is -2.10. The van der Waals surface area contributed by atoms with Crippen molar-refractivity contribution >= 4 is 23.0 Å². The average molecular weight is 276 g/mol. The number of hydrogen-bond donors (Lipinski definition) is 2. The SMILES string of the molecule is Cn1c(=O)c(CC(C(=O)O)C(=O)O)nc2ccccc21. The van der Waals surface area contributed by atoms with Crippen LogP contribution in [0.4, 0.5) is 0 Å². The van der Waals surface area contributed by atoms with Crippen molar-refractivity contribution in [1.29, 1.82) is 0 Å². The van der Waals surface area contributed by atoms with Crippen molar-refractivity contribution in [2.45, 2.75) is 6.42 Å². The van der Waals surface area contributed by atoms with Crippen molar-refractivity contribution in [2.24, 2.45) is 13.0 Å². The lowest BCUT2D eigenvalue weighted by Crippen LogP contribution is -2.31. The zero-order valence-electron chi connectivity index (χ0n) is 10.6. The molecule has 0 saturated heterocycles. The van der Waals surface area contributed by atoms with Crippen LogP contribution >= 0.6 is 0 Å². The maximum atomic E-state index is 12.1. The third-order valence-corrected chi connectivity index (χ3v) is 3.04. The number of carboxylic acids is 2. The highest BCUT2D eigenvalue weighted by Gasteiger charge is 2.28. The predicted molar refractivity (Wildman–Crippen MR) is 69.4 cm³/mol. The Kier molecular flexibility index (Phi) is 3.51. The van der Waals surface area contributed by atoms with E-state index in [1.54, 1.807) is 24.3 Å². The number of aryl methyl sites for hydroxylation is 1. The summed E-state index contributed by atoms with van der Waals surface area (Å²) in [4.78, 5) is 37.9. The van der Waals surface area contributed by atoms with Gasteiger partial charge in [-0.2, -0.15) is 0 Å². The number of hydrogen-bond acceptors (Lipinski definition) is 4. The summed E-state index contributed by atoms with van der Waals surface area (Å²) in [5, 5.41) is 17.7. The van der Waals surface area contributed by atoms with Crippen LogP contribution in [0.2, 0.25) is 0 Å². The fourth-order valence-corrected chi connectivity index (χ4v) is 1.95. The first kappa shape index (κ1) is 13.7. The molecule has 20 heavy (non-hydrogen) atoms. The molecule has 1 aromatic carbocycles. The van der Waals surface area contributed by atoms with Gasteiger partial charge in [-0.05, 0) is 12.1 Å². The van der Waals surface area contributed by atoms with Crippen LogP contribution in [0, 0.1) is 5.92 Å². The number of rotatable bonds is 4. The van der Waals surface area contributed by atoms with E-state index in [1.807, 2.05) is 0 Å². The van der Waals surface area contributed by atoms with Crippen molar-refractivity contribution in [3.05, 3.63) is 40.3 Å². The number of aromatic nitrogens is 2. The van der Waals surface area contributed by atoms with E-state index in [4.69, 9.17) is 10.2 Å². The van der Waals surface area contributed by atoms with Gasteiger partial charge in [-0.3, -0.25) is 14.4 Å². The van der Waals surface area contributed by atoms with Gasteiger partial charge >= 0.3 is 11.9 Å². The second kappa shape index (κ2) is 5.12. The van der Waals surface area contributed by atoms with Gasteiger partial charge in [0.05, 0.1) is 11.0 Å². The number of carbonyl (C=O) groups is 2. The van der Waals surface area contributed by atoms with E-state index in [-0.39, 0.29) is 5.69 Å². The summed E-state index contributed by atoms with van der Waals surface area (Å²) >= 11 is 0. The van der Waals surface area contributed by atoms with Crippen LogP contribution in [0.1, 0.15) is 5.69 Å². The summed E-state index contributed by atoms with van der Waals surface area (Å²) in [6, 6.07) is 6.87. The molecule has 7 nitrogen and oxygen atoms in total. The van der Waals surface area contributed by atoms with Crippen molar-refractivity contribution in [1.82, 2.24) is 9.55 Å². The van der Waals surface area contributed by atoms with Gasteiger partial charge in [-0.25, -0.2) is 4.98 Å². The van der Waals surface area contributed by atoms with Crippen LogP contribution in [0.5, 0.6) is 0 Å². The Morgan fingerprint density at radius 1 is 1.25 bits per heavy atom. The van der Waals surface area contributed by atoms with Gasteiger partial charge in [-0.15, -0.1) is 0 Å².